The van der Waals surface area contributed by atoms with Crippen LogP contribution in [-0.2, 0) is 14.3 Å². The van der Waals surface area contributed by atoms with Crippen LogP contribution in [0, 0.1) is 5.41 Å². The normalized spacial score (nSPS) is 19.1. The molecular formula is C8H11F3O3. The van der Waals surface area contributed by atoms with Gasteiger partial charge in [-0.3, -0.25) is 9.53 Å². The fraction of sp³-hybridized carbons (Fsp3) is 0.875. The monoisotopic (exact) mass is 212 g/mol. The Morgan fingerprint density at radius 3 is 2.36 bits per heavy atom. The summed E-state index contributed by atoms with van der Waals surface area (Å²) in [5.41, 5.74) is -0.533. The van der Waals surface area contributed by atoms with Gasteiger partial charge in [0.2, 0.25) is 6.79 Å². The first-order valence-corrected chi connectivity index (χ1v) is 4.27. The summed E-state index contributed by atoms with van der Waals surface area (Å²) in [6.45, 7) is 0.753. The van der Waals surface area contributed by atoms with E-state index in [1.807, 2.05) is 0 Å². The Bertz CT molecular complexity index is 220. The van der Waals surface area contributed by atoms with Crippen LogP contribution in [0.25, 0.3) is 0 Å². The van der Waals surface area contributed by atoms with E-state index in [-0.39, 0.29) is 0 Å². The number of carbonyl (C=O) groups is 1. The SMILES string of the molecule is CCC1(C(=O)OCOC(F)(F)F)CC1. The minimum absolute atomic E-state index is 0.533. The Labute approximate surface area is 79.2 Å². The predicted molar refractivity (Wildman–Crippen MR) is 40.1 cm³/mol. The van der Waals surface area contributed by atoms with Crippen LogP contribution in [0.5, 0.6) is 0 Å². The van der Waals surface area contributed by atoms with Crippen LogP contribution < -0.4 is 0 Å². The summed E-state index contributed by atoms with van der Waals surface area (Å²) >= 11 is 0. The van der Waals surface area contributed by atoms with Gasteiger partial charge in [-0.05, 0) is 19.3 Å². The van der Waals surface area contributed by atoms with Crippen LogP contribution in [0.3, 0.4) is 0 Å². The lowest BCUT2D eigenvalue weighted by Gasteiger charge is -2.12. The van der Waals surface area contributed by atoms with Gasteiger partial charge in [-0.25, -0.2) is 0 Å². The number of halogens is 3. The van der Waals surface area contributed by atoms with Crippen molar-refractivity contribution in [3.8, 4) is 0 Å². The summed E-state index contributed by atoms with van der Waals surface area (Å²) in [4.78, 5) is 11.2. The maximum Gasteiger partial charge on any atom is 0.525 e. The summed E-state index contributed by atoms with van der Waals surface area (Å²) in [6, 6.07) is 0. The summed E-state index contributed by atoms with van der Waals surface area (Å²) in [7, 11) is 0. The zero-order chi connectivity index (χ0) is 10.8. The second-order valence-corrected chi connectivity index (χ2v) is 3.27. The lowest BCUT2D eigenvalue weighted by Crippen LogP contribution is -2.23. The van der Waals surface area contributed by atoms with E-state index >= 15 is 0 Å². The van der Waals surface area contributed by atoms with Crippen LogP contribution in [-0.4, -0.2) is 19.1 Å². The van der Waals surface area contributed by atoms with Crippen molar-refractivity contribution in [2.24, 2.45) is 5.41 Å². The number of carbonyl (C=O) groups excluding carboxylic acids is 1. The van der Waals surface area contributed by atoms with E-state index < -0.39 is 24.5 Å². The lowest BCUT2D eigenvalue weighted by atomic mass is 10.1. The zero-order valence-corrected chi connectivity index (χ0v) is 7.69. The molecule has 0 heterocycles. The highest BCUT2D eigenvalue weighted by atomic mass is 19.4. The van der Waals surface area contributed by atoms with Gasteiger partial charge < -0.3 is 4.74 Å². The molecule has 82 valence electrons. The van der Waals surface area contributed by atoms with Crippen LogP contribution in [0.4, 0.5) is 13.2 Å². The molecule has 1 fully saturated rings. The molecule has 0 atom stereocenters. The van der Waals surface area contributed by atoms with Gasteiger partial charge in [0.15, 0.2) is 0 Å². The quantitative estimate of drug-likeness (QED) is 0.529. The lowest BCUT2D eigenvalue weighted by molar-refractivity contribution is -0.346. The molecular weight excluding hydrogens is 201 g/mol. The maximum absolute atomic E-state index is 11.5. The van der Waals surface area contributed by atoms with Crippen molar-refractivity contribution in [2.45, 2.75) is 32.5 Å². The van der Waals surface area contributed by atoms with Crippen molar-refractivity contribution in [3.05, 3.63) is 0 Å². The van der Waals surface area contributed by atoms with Gasteiger partial charge in [0.05, 0.1) is 5.41 Å². The largest absolute Gasteiger partial charge is 0.525 e. The van der Waals surface area contributed by atoms with E-state index in [0.29, 0.717) is 19.3 Å². The molecule has 1 aliphatic carbocycles. The molecule has 6 heteroatoms. The predicted octanol–water partition coefficient (Wildman–Crippen LogP) is 2.21. The van der Waals surface area contributed by atoms with E-state index in [0.717, 1.165) is 0 Å². The number of hydrogen-bond acceptors (Lipinski definition) is 3. The van der Waals surface area contributed by atoms with E-state index in [2.05, 4.69) is 9.47 Å². The first-order valence-electron chi connectivity index (χ1n) is 4.27. The van der Waals surface area contributed by atoms with Crippen molar-refractivity contribution in [3.63, 3.8) is 0 Å². The minimum Gasteiger partial charge on any atom is -0.438 e. The van der Waals surface area contributed by atoms with E-state index in [9.17, 15) is 18.0 Å². The van der Waals surface area contributed by atoms with E-state index in [1.165, 1.54) is 0 Å². The Kier molecular flexibility index (Phi) is 3.04. The van der Waals surface area contributed by atoms with Crippen molar-refractivity contribution < 1.29 is 27.4 Å². The molecule has 0 unspecified atom stereocenters. The van der Waals surface area contributed by atoms with Gasteiger partial charge >= 0.3 is 12.3 Å². The van der Waals surface area contributed by atoms with Gasteiger partial charge in [0, 0.05) is 0 Å². The van der Waals surface area contributed by atoms with Gasteiger partial charge in [-0.1, -0.05) is 6.92 Å². The molecule has 0 bridgehead atoms. The number of hydrogen-bond donors (Lipinski definition) is 0. The minimum atomic E-state index is -4.75. The Balaban J connectivity index is 2.23. The fourth-order valence-electron chi connectivity index (χ4n) is 1.16. The van der Waals surface area contributed by atoms with Crippen LogP contribution in [0.2, 0.25) is 0 Å². The second kappa shape index (κ2) is 3.76. The number of rotatable bonds is 4. The first kappa shape index (κ1) is 11.3. The number of esters is 1. The average Bonchev–Trinajstić information content (AvgIpc) is 2.81. The summed E-state index contributed by atoms with van der Waals surface area (Å²) in [5.74, 6) is -0.593. The number of alkyl halides is 3. The highest BCUT2D eigenvalue weighted by Gasteiger charge is 2.49. The Morgan fingerprint density at radius 2 is 2.00 bits per heavy atom. The highest BCUT2D eigenvalue weighted by Crippen LogP contribution is 2.49. The molecule has 0 N–H and O–H groups in total. The Morgan fingerprint density at radius 1 is 1.43 bits per heavy atom. The molecule has 0 aromatic heterocycles. The molecule has 0 spiro atoms. The first-order chi connectivity index (χ1) is 6.40. The van der Waals surface area contributed by atoms with E-state index in [1.54, 1.807) is 6.92 Å². The fourth-order valence-corrected chi connectivity index (χ4v) is 1.16. The van der Waals surface area contributed by atoms with Crippen LogP contribution >= 0.6 is 0 Å². The third-order valence-electron chi connectivity index (χ3n) is 2.38. The molecule has 3 nitrogen and oxygen atoms in total. The van der Waals surface area contributed by atoms with Crippen molar-refractivity contribution >= 4 is 5.97 Å². The summed E-state index contributed by atoms with van der Waals surface area (Å²) < 4.78 is 42.1. The van der Waals surface area contributed by atoms with Crippen LogP contribution in [0.15, 0.2) is 0 Å². The van der Waals surface area contributed by atoms with Gasteiger partial charge in [-0.15, -0.1) is 13.2 Å². The van der Waals surface area contributed by atoms with Crippen molar-refractivity contribution in [1.29, 1.82) is 0 Å². The molecule has 0 aromatic carbocycles. The van der Waals surface area contributed by atoms with Gasteiger partial charge in [0.25, 0.3) is 0 Å². The third kappa shape index (κ3) is 2.87. The smallest absolute Gasteiger partial charge is 0.438 e. The van der Waals surface area contributed by atoms with Gasteiger partial charge in [0.1, 0.15) is 0 Å². The van der Waals surface area contributed by atoms with Crippen molar-refractivity contribution in [1.82, 2.24) is 0 Å². The standard InChI is InChI=1S/C8H11F3O3/c1-2-7(3-4-7)6(12)13-5-14-8(9,10)11/h2-5H2,1H3. The third-order valence-corrected chi connectivity index (χ3v) is 2.38. The van der Waals surface area contributed by atoms with Gasteiger partial charge in [-0.2, -0.15) is 0 Å². The molecule has 0 radical (unpaired) electrons. The van der Waals surface area contributed by atoms with Crippen molar-refractivity contribution in [2.75, 3.05) is 6.79 Å². The average molecular weight is 212 g/mol. The molecule has 0 aliphatic heterocycles. The molecule has 0 saturated heterocycles. The molecule has 0 amide bonds. The molecule has 14 heavy (non-hydrogen) atoms. The molecule has 1 rings (SSSR count). The maximum atomic E-state index is 11.5. The zero-order valence-electron chi connectivity index (χ0n) is 7.69. The summed E-state index contributed by atoms with van der Waals surface area (Å²) in [6.07, 6.45) is -2.77. The van der Waals surface area contributed by atoms with E-state index in [4.69, 9.17) is 0 Å². The molecule has 1 saturated carbocycles. The molecule has 1 aliphatic rings. The Hall–Kier alpha value is -0.780. The van der Waals surface area contributed by atoms with Crippen LogP contribution in [0.1, 0.15) is 26.2 Å². The number of ether oxygens (including phenoxy) is 2. The summed E-state index contributed by atoms with van der Waals surface area (Å²) in [5, 5.41) is 0. The highest BCUT2D eigenvalue weighted by molar-refractivity contribution is 5.79. The topological polar surface area (TPSA) is 35.5 Å². The molecule has 0 aromatic rings. The second-order valence-electron chi connectivity index (χ2n) is 3.27.